The average molecular weight is 341 g/mol. The minimum absolute atomic E-state index is 0.0748. The molecule has 2 aliphatic rings. The molecule has 1 N–H and O–H groups in total. The number of hydrogen-bond acceptors (Lipinski definition) is 5. The molecule has 0 radical (unpaired) electrons. The molecule has 138 valence electrons. The molecule has 2 aliphatic heterocycles. The molecule has 6 heteroatoms. The van der Waals surface area contributed by atoms with Crippen molar-refractivity contribution in [2.24, 2.45) is 17.8 Å². The molecule has 3 atom stereocenters. The fraction of sp³-hybridized carbons (Fsp3) is 0.833. The van der Waals surface area contributed by atoms with Crippen LogP contribution in [0.5, 0.6) is 0 Å². The van der Waals surface area contributed by atoms with E-state index in [1.807, 2.05) is 13.0 Å². The Kier molecular flexibility index (Phi) is 7.52. The molecule has 0 aromatic rings. The number of morpholine rings is 1. The highest BCUT2D eigenvalue weighted by Gasteiger charge is 2.39. The molecule has 0 spiro atoms. The summed E-state index contributed by atoms with van der Waals surface area (Å²) in [4.78, 5) is 14.6. The lowest BCUT2D eigenvalue weighted by atomic mass is 9.78. The number of aliphatic hydroxyl groups excluding tert-OH is 1. The maximum Gasteiger partial charge on any atom is 0.288 e. The van der Waals surface area contributed by atoms with Crippen molar-refractivity contribution in [1.82, 2.24) is 4.90 Å². The van der Waals surface area contributed by atoms with Gasteiger partial charge in [0, 0.05) is 32.2 Å². The molecule has 2 heterocycles. The van der Waals surface area contributed by atoms with Crippen LogP contribution in [0.25, 0.3) is 0 Å². The van der Waals surface area contributed by atoms with Gasteiger partial charge in [0.2, 0.25) is 6.29 Å². The van der Waals surface area contributed by atoms with Crippen LogP contribution in [0.3, 0.4) is 0 Å². The lowest BCUT2D eigenvalue weighted by Crippen LogP contribution is -2.45. The molecule has 0 aliphatic carbocycles. The van der Waals surface area contributed by atoms with Gasteiger partial charge in [0.05, 0.1) is 13.2 Å². The first kappa shape index (κ1) is 19.2. The van der Waals surface area contributed by atoms with E-state index in [4.69, 9.17) is 14.2 Å². The van der Waals surface area contributed by atoms with Gasteiger partial charge in [-0.3, -0.25) is 4.79 Å². The molecular weight excluding hydrogens is 310 g/mol. The zero-order valence-corrected chi connectivity index (χ0v) is 15.1. The number of ether oxygens (including phenoxy) is 3. The van der Waals surface area contributed by atoms with Gasteiger partial charge in [0.15, 0.2) is 5.76 Å². The fourth-order valence-corrected chi connectivity index (χ4v) is 3.44. The lowest BCUT2D eigenvalue weighted by molar-refractivity contribution is -0.179. The van der Waals surface area contributed by atoms with Crippen LogP contribution in [0.1, 0.15) is 33.6 Å². The van der Waals surface area contributed by atoms with Crippen LogP contribution in [0.15, 0.2) is 11.8 Å². The van der Waals surface area contributed by atoms with Gasteiger partial charge in [-0.15, -0.1) is 0 Å². The summed E-state index contributed by atoms with van der Waals surface area (Å²) in [5.41, 5.74) is 0. The summed E-state index contributed by atoms with van der Waals surface area (Å²) in [6, 6.07) is 0. The van der Waals surface area contributed by atoms with E-state index in [0.717, 1.165) is 6.42 Å². The Balaban J connectivity index is 2.19. The predicted molar refractivity (Wildman–Crippen MR) is 90.1 cm³/mol. The second-order valence-electron chi connectivity index (χ2n) is 6.73. The summed E-state index contributed by atoms with van der Waals surface area (Å²) in [5.74, 6) is 1.04. The van der Waals surface area contributed by atoms with E-state index < -0.39 is 6.29 Å². The number of hydrogen-bond donors (Lipinski definition) is 1. The summed E-state index contributed by atoms with van der Waals surface area (Å²) in [6.45, 7) is 9.25. The normalized spacial score (nSPS) is 27.8. The Hall–Kier alpha value is -1.11. The SMILES string of the molecule is CCO[C@H]1OC(C(=O)N2CCOCC2)=C[C@@H](C(C)C)[C@H]1CCCO. The maximum atomic E-state index is 12.8. The first-order chi connectivity index (χ1) is 11.6. The van der Waals surface area contributed by atoms with Crippen molar-refractivity contribution in [2.75, 3.05) is 39.5 Å². The zero-order valence-electron chi connectivity index (χ0n) is 15.1. The monoisotopic (exact) mass is 341 g/mol. The van der Waals surface area contributed by atoms with Crippen molar-refractivity contribution < 1.29 is 24.1 Å². The number of aliphatic hydroxyl groups is 1. The van der Waals surface area contributed by atoms with E-state index >= 15 is 0 Å². The first-order valence-corrected chi connectivity index (χ1v) is 9.06. The molecule has 2 rings (SSSR count). The van der Waals surface area contributed by atoms with Crippen LogP contribution >= 0.6 is 0 Å². The molecule has 0 saturated carbocycles. The zero-order chi connectivity index (χ0) is 17.5. The summed E-state index contributed by atoms with van der Waals surface area (Å²) in [6.07, 6.45) is 3.07. The van der Waals surface area contributed by atoms with Crippen LogP contribution in [-0.2, 0) is 19.0 Å². The number of nitrogens with zero attached hydrogens (tertiary/aromatic N) is 1. The molecule has 0 unspecified atom stereocenters. The largest absolute Gasteiger partial charge is 0.459 e. The van der Waals surface area contributed by atoms with Gasteiger partial charge in [0.1, 0.15) is 0 Å². The summed E-state index contributed by atoms with van der Waals surface area (Å²) in [5, 5.41) is 9.18. The molecule has 6 nitrogen and oxygen atoms in total. The number of carbonyl (C=O) groups excluding carboxylic acids is 1. The van der Waals surface area contributed by atoms with E-state index in [9.17, 15) is 9.90 Å². The quantitative estimate of drug-likeness (QED) is 0.764. The summed E-state index contributed by atoms with van der Waals surface area (Å²) >= 11 is 0. The van der Waals surface area contributed by atoms with Crippen molar-refractivity contribution >= 4 is 5.91 Å². The molecule has 0 bridgehead atoms. The van der Waals surface area contributed by atoms with Crippen molar-refractivity contribution in [1.29, 1.82) is 0 Å². The molecule has 0 aromatic carbocycles. The number of rotatable bonds is 7. The van der Waals surface area contributed by atoms with Crippen molar-refractivity contribution in [3.63, 3.8) is 0 Å². The van der Waals surface area contributed by atoms with E-state index in [0.29, 0.717) is 51.0 Å². The van der Waals surface area contributed by atoms with E-state index in [2.05, 4.69) is 13.8 Å². The third-order valence-corrected chi connectivity index (χ3v) is 4.74. The van der Waals surface area contributed by atoms with E-state index in [-0.39, 0.29) is 24.3 Å². The molecular formula is C18H31NO5. The summed E-state index contributed by atoms with van der Waals surface area (Å²) < 4.78 is 17.1. The topological polar surface area (TPSA) is 68.2 Å². The van der Waals surface area contributed by atoms with Gasteiger partial charge in [-0.25, -0.2) is 0 Å². The number of allylic oxidation sites excluding steroid dienone is 1. The Morgan fingerprint density at radius 1 is 1.42 bits per heavy atom. The fourth-order valence-electron chi connectivity index (χ4n) is 3.44. The Labute approximate surface area is 144 Å². The van der Waals surface area contributed by atoms with Crippen LogP contribution < -0.4 is 0 Å². The highest BCUT2D eigenvalue weighted by Crippen LogP contribution is 2.37. The standard InChI is InChI=1S/C18H31NO5/c1-4-23-18-14(6-5-9-20)15(13(2)3)12-16(24-18)17(21)19-7-10-22-11-8-19/h12-15,18,20H,4-11H2,1-3H3/t14-,15+,18+/m1/s1. The van der Waals surface area contributed by atoms with Crippen molar-refractivity contribution in [3.05, 3.63) is 11.8 Å². The van der Waals surface area contributed by atoms with Crippen LogP contribution in [0, 0.1) is 17.8 Å². The highest BCUT2D eigenvalue weighted by atomic mass is 16.7. The van der Waals surface area contributed by atoms with Crippen molar-refractivity contribution in [3.8, 4) is 0 Å². The molecule has 1 amide bonds. The first-order valence-electron chi connectivity index (χ1n) is 9.06. The highest BCUT2D eigenvalue weighted by molar-refractivity contribution is 5.91. The minimum Gasteiger partial charge on any atom is -0.459 e. The molecule has 24 heavy (non-hydrogen) atoms. The van der Waals surface area contributed by atoms with Gasteiger partial charge >= 0.3 is 0 Å². The Morgan fingerprint density at radius 2 is 2.12 bits per heavy atom. The van der Waals surface area contributed by atoms with Gasteiger partial charge < -0.3 is 24.2 Å². The smallest absolute Gasteiger partial charge is 0.288 e. The van der Waals surface area contributed by atoms with Crippen LogP contribution in [0.4, 0.5) is 0 Å². The van der Waals surface area contributed by atoms with Crippen molar-refractivity contribution in [2.45, 2.75) is 39.9 Å². The predicted octanol–water partition coefficient (Wildman–Crippen LogP) is 1.78. The molecule has 0 aromatic heterocycles. The minimum atomic E-state index is -0.432. The van der Waals surface area contributed by atoms with Crippen LogP contribution in [0.2, 0.25) is 0 Å². The van der Waals surface area contributed by atoms with Gasteiger partial charge in [-0.2, -0.15) is 0 Å². The second-order valence-corrected chi connectivity index (χ2v) is 6.73. The van der Waals surface area contributed by atoms with E-state index in [1.54, 1.807) is 4.90 Å². The molecule has 1 saturated heterocycles. The average Bonchev–Trinajstić information content (AvgIpc) is 2.60. The Morgan fingerprint density at radius 3 is 2.71 bits per heavy atom. The van der Waals surface area contributed by atoms with Gasteiger partial charge in [0.25, 0.3) is 5.91 Å². The third-order valence-electron chi connectivity index (χ3n) is 4.74. The lowest BCUT2D eigenvalue weighted by Gasteiger charge is -2.39. The second kappa shape index (κ2) is 9.39. The van der Waals surface area contributed by atoms with Gasteiger partial charge in [-0.05, 0) is 37.7 Å². The van der Waals surface area contributed by atoms with Gasteiger partial charge in [-0.1, -0.05) is 13.8 Å². The molecule has 1 fully saturated rings. The third kappa shape index (κ3) is 4.71. The Bertz CT molecular complexity index is 431. The van der Waals surface area contributed by atoms with Crippen LogP contribution in [-0.4, -0.2) is 61.7 Å². The van der Waals surface area contributed by atoms with E-state index in [1.165, 1.54) is 0 Å². The maximum absolute atomic E-state index is 12.8. The number of carbonyl (C=O) groups is 1. The number of amides is 1. The summed E-state index contributed by atoms with van der Waals surface area (Å²) in [7, 11) is 0.